The van der Waals surface area contributed by atoms with Crippen molar-refractivity contribution in [3.8, 4) is 0 Å². The first-order chi connectivity index (χ1) is 12.1. The second kappa shape index (κ2) is 6.58. The quantitative estimate of drug-likeness (QED) is 0.767. The van der Waals surface area contributed by atoms with Gasteiger partial charge in [0.2, 0.25) is 0 Å². The van der Waals surface area contributed by atoms with Gasteiger partial charge in [0, 0.05) is 19.0 Å². The summed E-state index contributed by atoms with van der Waals surface area (Å²) < 4.78 is 0. The standard InChI is InChI=1S/C20H20N2O2S/c1-13-21-11-19(25-13)20(24)22-9-8-17(18(23)12-22)16-7-6-14-4-2-3-5-15(14)10-16/h2-7,10-11,17-18,23H,8-9,12H2,1H3/t17-,18+/m0/s1. The molecule has 4 nitrogen and oxygen atoms in total. The third-order valence-electron chi connectivity index (χ3n) is 4.90. The van der Waals surface area contributed by atoms with Crippen LogP contribution in [-0.2, 0) is 0 Å². The van der Waals surface area contributed by atoms with Gasteiger partial charge in [-0.1, -0.05) is 42.5 Å². The van der Waals surface area contributed by atoms with Crippen LogP contribution in [-0.4, -0.2) is 40.1 Å². The number of hydrogen-bond donors (Lipinski definition) is 1. The lowest BCUT2D eigenvalue weighted by Crippen LogP contribution is -2.45. The average molecular weight is 352 g/mol. The number of benzene rings is 2. The summed E-state index contributed by atoms with van der Waals surface area (Å²) in [6.07, 6.45) is 1.85. The van der Waals surface area contributed by atoms with Crippen LogP contribution >= 0.6 is 11.3 Å². The SMILES string of the molecule is Cc1ncc(C(=O)N2CC[C@@H](c3ccc4ccccc4c3)[C@H](O)C2)s1. The Bertz CT molecular complexity index is 921. The van der Waals surface area contributed by atoms with Crippen molar-refractivity contribution in [3.05, 3.63) is 64.1 Å². The zero-order valence-corrected chi connectivity index (χ0v) is 14.9. The molecule has 0 bridgehead atoms. The molecule has 1 aromatic heterocycles. The zero-order chi connectivity index (χ0) is 17.4. The molecule has 5 heteroatoms. The van der Waals surface area contributed by atoms with Crippen molar-refractivity contribution in [2.24, 2.45) is 0 Å². The second-order valence-electron chi connectivity index (χ2n) is 6.56. The fourth-order valence-electron chi connectivity index (χ4n) is 3.56. The molecule has 1 amide bonds. The summed E-state index contributed by atoms with van der Waals surface area (Å²) in [5.74, 6) is 0.0402. The highest BCUT2D eigenvalue weighted by molar-refractivity contribution is 7.13. The number of piperidine rings is 1. The Morgan fingerprint density at radius 1 is 1.24 bits per heavy atom. The van der Waals surface area contributed by atoms with Crippen LogP contribution in [0, 0.1) is 6.92 Å². The number of carbonyl (C=O) groups is 1. The number of aliphatic hydroxyl groups is 1. The first kappa shape index (κ1) is 16.2. The van der Waals surface area contributed by atoms with Gasteiger partial charge in [-0.25, -0.2) is 4.98 Å². The van der Waals surface area contributed by atoms with E-state index in [4.69, 9.17) is 0 Å². The van der Waals surface area contributed by atoms with Gasteiger partial charge in [0.1, 0.15) is 4.88 Å². The van der Waals surface area contributed by atoms with Crippen molar-refractivity contribution < 1.29 is 9.90 Å². The van der Waals surface area contributed by atoms with E-state index in [9.17, 15) is 9.90 Å². The van der Waals surface area contributed by atoms with Gasteiger partial charge in [-0.3, -0.25) is 4.79 Å². The van der Waals surface area contributed by atoms with Crippen LogP contribution in [0.2, 0.25) is 0 Å². The molecule has 0 unspecified atom stereocenters. The van der Waals surface area contributed by atoms with E-state index in [-0.39, 0.29) is 11.8 Å². The number of thiazole rings is 1. The van der Waals surface area contributed by atoms with E-state index >= 15 is 0 Å². The molecule has 2 heterocycles. The molecular formula is C20H20N2O2S. The Kier molecular flexibility index (Phi) is 4.27. The molecule has 4 rings (SSSR count). The molecule has 1 aliphatic rings. The smallest absolute Gasteiger partial charge is 0.265 e. The Morgan fingerprint density at radius 3 is 2.76 bits per heavy atom. The van der Waals surface area contributed by atoms with E-state index in [1.54, 1.807) is 11.1 Å². The Balaban J connectivity index is 1.51. The number of aromatic nitrogens is 1. The molecular weight excluding hydrogens is 332 g/mol. The monoisotopic (exact) mass is 352 g/mol. The first-order valence-electron chi connectivity index (χ1n) is 8.50. The predicted molar refractivity (Wildman–Crippen MR) is 100 cm³/mol. The third-order valence-corrected chi connectivity index (χ3v) is 5.80. The molecule has 1 aliphatic heterocycles. The van der Waals surface area contributed by atoms with Gasteiger partial charge < -0.3 is 10.0 Å². The molecule has 25 heavy (non-hydrogen) atoms. The Labute approximate surface area is 150 Å². The van der Waals surface area contributed by atoms with Crippen molar-refractivity contribution in [2.75, 3.05) is 13.1 Å². The van der Waals surface area contributed by atoms with Crippen LogP contribution in [0.5, 0.6) is 0 Å². The van der Waals surface area contributed by atoms with E-state index < -0.39 is 6.10 Å². The molecule has 0 spiro atoms. The van der Waals surface area contributed by atoms with Gasteiger partial charge >= 0.3 is 0 Å². The van der Waals surface area contributed by atoms with Crippen molar-refractivity contribution in [1.29, 1.82) is 0 Å². The Hall–Kier alpha value is -2.24. The van der Waals surface area contributed by atoms with Crippen molar-refractivity contribution in [1.82, 2.24) is 9.88 Å². The summed E-state index contributed by atoms with van der Waals surface area (Å²) in [7, 11) is 0. The molecule has 0 aliphatic carbocycles. The molecule has 1 saturated heterocycles. The van der Waals surface area contributed by atoms with Crippen LogP contribution in [0.1, 0.15) is 32.6 Å². The maximum atomic E-state index is 12.6. The predicted octanol–water partition coefficient (Wildman–Crippen LogP) is 3.60. The van der Waals surface area contributed by atoms with Gasteiger partial charge in [-0.2, -0.15) is 0 Å². The van der Waals surface area contributed by atoms with Gasteiger partial charge in [0.25, 0.3) is 5.91 Å². The second-order valence-corrected chi connectivity index (χ2v) is 7.80. The van der Waals surface area contributed by atoms with E-state index in [1.165, 1.54) is 22.1 Å². The van der Waals surface area contributed by atoms with Gasteiger partial charge in [-0.15, -0.1) is 11.3 Å². The van der Waals surface area contributed by atoms with Crippen LogP contribution in [0.3, 0.4) is 0 Å². The number of hydrogen-bond acceptors (Lipinski definition) is 4. The molecule has 128 valence electrons. The lowest BCUT2D eigenvalue weighted by atomic mass is 9.86. The zero-order valence-electron chi connectivity index (χ0n) is 14.1. The normalized spacial score (nSPS) is 20.8. The molecule has 0 saturated carbocycles. The van der Waals surface area contributed by atoms with Crippen LogP contribution in [0.15, 0.2) is 48.7 Å². The number of aryl methyl sites for hydroxylation is 1. The minimum absolute atomic E-state index is 0.0263. The summed E-state index contributed by atoms with van der Waals surface area (Å²) in [6, 6.07) is 14.6. The number of β-amino-alcohol motifs (C(OH)–C–C–N with tert-alkyl or cyclic N) is 1. The summed E-state index contributed by atoms with van der Waals surface area (Å²) in [4.78, 5) is 19.1. The highest BCUT2D eigenvalue weighted by Gasteiger charge is 2.32. The molecule has 1 N–H and O–H groups in total. The summed E-state index contributed by atoms with van der Waals surface area (Å²) in [5.41, 5.74) is 1.15. The molecule has 3 aromatic rings. The number of amides is 1. The maximum Gasteiger partial charge on any atom is 0.265 e. The average Bonchev–Trinajstić information content (AvgIpc) is 3.07. The van der Waals surface area contributed by atoms with E-state index in [0.29, 0.717) is 18.0 Å². The number of fused-ring (bicyclic) bond motifs is 1. The lowest BCUT2D eigenvalue weighted by Gasteiger charge is -2.36. The number of rotatable bonds is 2. The minimum atomic E-state index is -0.548. The fourth-order valence-corrected chi connectivity index (χ4v) is 4.30. The molecule has 2 aromatic carbocycles. The highest BCUT2D eigenvalue weighted by Crippen LogP contribution is 2.31. The largest absolute Gasteiger partial charge is 0.391 e. The van der Waals surface area contributed by atoms with Gasteiger partial charge in [-0.05, 0) is 29.7 Å². The van der Waals surface area contributed by atoms with Crippen molar-refractivity contribution in [2.45, 2.75) is 25.4 Å². The summed E-state index contributed by atoms with van der Waals surface area (Å²) in [6.45, 7) is 2.92. The van der Waals surface area contributed by atoms with Gasteiger partial charge in [0.15, 0.2) is 0 Å². The first-order valence-corrected chi connectivity index (χ1v) is 9.32. The maximum absolute atomic E-state index is 12.6. The van der Waals surface area contributed by atoms with E-state index in [2.05, 4.69) is 35.3 Å². The number of carbonyl (C=O) groups excluding carboxylic acids is 1. The van der Waals surface area contributed by atoms with Crippen molar-refractivity contribution in [3.63, 3.8) is 0 Å². The number of likely N-dealkylation sites (tertiary alicyclic amines) is 1. The summed E-state index contributed by atoms with van der Waals surface area (Å²) >= 11 is 1.41. The molecule has 0 radical (unpaired) electrons. The third kappa shape index (κ3) is 3.17. The lowest BCUT2D eigenvalue weighted by molar-refractivity contribution is 0.0385. The van der Waals surface area contributed by atoms with Crippen LogP contribution in [0.25, 0.3) is 10.8 Å². The Morgan fingerprint density at radius 2 is 2.04 bits per heavy atom. The van der Waals surface area contributed by atoms with Gasteiger partial charge in [0.05, 0.1) is 17.3 Å². The number of nitrogens with zero attached hydrogens (tertiary/aromatic N) is 2. The molecule has 1 fully saturated rings. The van der Waals surface area contributed by atoms with Crippen LogP contribution < -0.4 is 0 Å². The van der Waals surface area contributed by atoms with Crippen LogP contribution in [0.4, 0.5) is 0 Å². The highest BCUT2D eigenvalue weighted by atomic mass is 32.1. The molecule has 2 atom stereocenters. The van der Waals surface area contributed by atoms with E-state index in [0.717, 1.165) is 17.0 Å². The number of aliphatic hydroxyl groups excluding tert-OH is 1. The van der Waals surface area contributed by atoms with Crippen molar-refractivity contribution >= 4 is 28.0 Å². The summed E-state index contributed by atoms with van der Waals surface area (Å²) in [5, 5.41) is 13.9. The van der Waals surface area contributed by atoms with E-state index in [1.807, 2.05) is 19.1 Å². The fraction of sp³-hybridized carbons (Fsp3) is 0.300. The minimum Gasteiger partial charge on any atom is -0.391 e. The topological polar surface area (TPSA) is 53.4 Å².